The zero-order valence-corrected chi connectivity index (χ0v) is 22.9. The highest BCUT2D eigenvalue weighted by Crippen LogP contribution is 2.34. The van der Waals surface area contributed by atoms with Gasteiger partial charge in [-0.1, -0.05) is 32.0 Å². The zero-order valence-electron chi connectivity index (χ0n) is 22.1. The standard InChI is InChI=1S/C30H36N2O4S/c1-23(2)28-22-32-18-6-5-11-29(32)30(28)37(33,34)27-14-12-25(13-15-27)36-20-8-17-31(3)19-16-24-9-7-10-26(21-24)35-4/h5-7,9-15,18,21-23H,8,16-17,19-20H2,1-4H3. The first-order chi connectivity index (χ1) is 17.8. The predicted octanol–water partition coefficient (Wildman–Crippen LogP) is 5.85. The van der Waals surface area contributed by atoms with Crippen molar-refractivity contribution in [1.82, 2.24) is 9.30 Å². The van der Waals surface area contributed by atoms with E-state index in [0.29, 0.717) is 22.8 Å². The lowest BCUT2D eigenvalue weighted by Gasteiger charge is -2.17. The van der Waals surface area contributed by atoms with Gasteiger partial charge in [0.05, 0.1) is 24.1 Å². The maximum Gasteiger partial charge on any atom is 0.209 e. The smallest absolute Gasteiger partial charge is 0.209 e. The number of hydrogen-bond donors (Lipinski definition) is 0. The third kappa shape index (κ3) is 6.35. The molecule has 0 atom stereocenters. The van der Waals surface area contributed by atoms with Crippen molar-refractivity contribution in [3.05, 3.63) is 90.3 Å². The van der Waals surface area contributed by atoms with E-state index >= 15 is 0 Å². The molecule has 7 heteroatoms. The van der Waals surface area contributed by atoms with Gasteiger partial charge in [-0.2, -0.15) is 0 Å². The quantitative estimate of drug-likeness (QED) is 0.219. The van der Waals surface area contributed by atoms with E-state index in [9.17, 15) is 8.42 Å². The van der Waals surface area contributed by atoms with Crippen LogP contribution in [-0.2, 0) is 16.3 Å². The molecule has 0 aliphatic rings. The molecule has 2 aromatic heterocycles. The van der Waals surface area contributed by atoms with Gasteiger partial charge in [0.1, 0.15) is 16.4 Å². The average molecular weight is 521 g/mol. The van der Waals surface area contributed by atoms with Gasteiger partial charge in [0.25, 0.3) is 0 Å². The molecular formula is C30H36N2O4S. The zero-order chi connectivity index (χ0) is 26.4. The van der Waals surface area contributed by atoms with Crippen molar-refractivity contribution < 1.29 is 17.9 Å². The SMILES string of the molecule is COc1cccc(CCN(C)CCCOc2ccc(S(=O)(=O)c3c(C(C)C)cn4ccccc34)cc2)c1. The molecule has 37 heavy (non-hydrogen) atoms. The minimum Gasteiger partial charge on any atom is -0.497 e. The summed E-state index contributed by atoms with van der Waals surface area (Å²) < 4.78 is 40.3. The lowest BCUT2D eigenvalue weighted by atomic mass is 10.1. The van der Waals surface area contributed by atoms with Crippen LogP contribution < -0.4 is 9.47 Å². The summed E-state index contributed by atoms with van der Waals surface area (Å²) in [5.41, 5.74) is 2.77. The first-order valence-corrected chi connectivity index (χ1v) is 14.2. The third-order valence-electron chi connectivity index (χ3n) is 6.56. The van der Waals surface area contributed by atoms with Crippen LogP contribution in [0.1, 0.15) is 37.3 Å². The van der Waals surface area contributed by atoms with Gasteiger partial charge in [-0.15, -0.1) is 0 Å². The van der Waals surface area contributed by atoms with Crippen molar-refractivity contribution in [2.45, 2.75) is 42.4 Å². The number of methoxy groups -OCH3 is 1. The van der Waals surface area contributed by atoms with E-state index in [-0.39, 0.29) is 10.8 Å². The molecule has 0 N–H and O–H groups in total. The highest BCUT2D eigenvalue weighted by atomic mass is 32.2. The lowest BCUT2D eigenvalue weighted by molar-refractivity contribution is 0.264. The Hall–Kier alpha value is -3.29. The number of aromatic nitrogens is 1. The van der Waals surface area contributed by atoms with E-state index < -0.39 is 9.84 Å². The number of rotatable bonds is 12. The largest absolute Gasteiger partial charge is 0.497 e. The maximum atomic E-state index is 13.6. The summed E-state index contributed by atoms with van der Waals surface area (Å²) in [6, 6.07) is 20.5. The molecule has 0 bridgehead atoms. The van der Waals surface area contributed by atoms with Gasteiger partial charge < -0.3 is 18.8 Å². The van der Waals surface area contributed by atoms with Crippen LogP contribution in [0.2, 0.25) is 0 Å². The summed E-state index contributed by atoms with van der Waals surface area (Å²) in [6.45, 7) is 6.46. The molecule has 0 amide bonds. The molecule has 0 spiro atoms. The lowest BCUT2D eigenvalue weighted by Crippen LogP contribution is -2.23. The van der Waals surface area contributed by atoms with Gasteiger partial charge in [0.15, 0.2) is 0 Å². The van der Waals surface area contributed by atoms with Crippen molar-refractivity contribution in [3.8, 4) is 11.5 Å². The Bertz CT molecular complexity index is 1430. The van der Waals surface area contributed by atoms with Gasteiger partial charge in [-0.05, 0) is 85.5 Å². The predicted molar refractivity (Wildman–Crippen MR) is 148 cm³/mol. The molecule has 6 nitrogen and oxygen atoms in total. The Labute approximate surface area is 220 Å². The normalized spacial score (nSPS) is 11.9. The van der Waals surface area contributed by atoms with E-state index in [1.54, 1.807) is 31.4 Å². The molecule has 2 aromatic carbocycles. The summed E-state index contributed by atoms with van der Waals surface area (Å²) in [4.78, 5) is 2.94. The number of nitrogens with zero attached hydrogens (tertiary/aromatic N) is 2. The number of hydrogen-bond acceptors (Lipinski definition) is 5. The third-order valence-corrected chi connectivity index (χ3v) is 8.43. The second kappa shape index (κ2) is 11.8. The molecule has 0 saturated heterocycles. The topological polar surface area (TPSA) is 60.2 Å². The fourth-order valence-electron chi connectivity index (χ4n) is 4.44. The summed E-state index contributed by atoms with van der Waals surface area (Å²) in [6.07, 6.45) is 5.63. The van der Waals surface area contributed by atoms with Crippen LogP contribution in [0.3, 0.4) is 0 Å². The van der Waals surface area contributed by atoms with Gasteiger partial charge in [-0.25, -0.2) is 8.42 Å². The van der Waals surface area contributed by atoms with E-state index in [1.807, 2.05) is 61.0 Å². The van der Waals surface area contributed by atoms with Crippen LogP contribution in [0.15, 0.2) is 88.9 Å². The molecule has 0 unspecified atom stereocenters. The number of benzene rings is 2. The molecule has 4 rings (SSSR count). The number of sulfone groups is 1. The van der Waals surface area contributed by atoms with Gasteiger partial charge in [0.2, 0.25) is 9.84 Å². The minimum atomic E-state index is -3.68. The summed E-state index contributed by atoms with van der Waals surface area (Å²) in [7, 11) is 0.117. The highest BCUT2D eigenvalue weighted by Gasteiger charge is 2.27. The Morgan fingerprint density at radius 2 is 1.73 bits per heavy atom. The summed E-state index contributed by atoms with van der Waals surface area (Å²) >= 11 is 0. The van der Waals surface area contributed by atoms with Crippen LogP contribution in [0.4, 0.5) is 0 Å². The van der Waals surface area contributed by atoms with Crippen molar-refractivity contribution in [3.63, 3.8) is 0 Å². The van der Waals surface area contributed by atoms with Crippen LogP contribution in [-0.4, -0.2) is 51.6 Å². The minimum absolute atomic E-state index is 0.0842. The Morgan fingerprint density at radius 1 is 0.946 bits per heavy atom. The fraction of sp³-hybridized carbons (Fsp3) is 0.333. The van der Waals surface area contributed by atoms with E-state index in [2.05, 4.69) is 24.1 Å². The number of ether oxygens (including phenoxy) is 2. The van der Waals surface area contributed by atoms with Gasteiger partial charge in [0, 0.05) is 25.5 Å². The number of pyridine rings is 1. The Balaban J connectivity index is 1.32. The molecular weight excluding hydrogens is 484 g/mol. The van der Waals surface area contributed by atoms with E-state index in [1.165, 1.54) is 5.56 Å². The van der Waals surface area contributed by atoms with Crippen LogP contribution in [0, 0.1) is 0 Å². The van der Waals surface area contributed by atoms with Gasteiger partial charge in [-0.3, -0.25) is 0 Å². The van der Waals surface area contributed by atoms with E-state index in [0.717, 1.165) is 37.2 Å². The fourth-order valence-corrected chi connectivity index (χ4v) is 6.22. The van der Waals surface area contributed by atoms with Crippen LogP contribution in [0.25, 0.3) is 5.52 Å². The summed E-state index contributed by atoms with van der Waals surface area (Å²) in [5.74, 6) is 1.64. The Morgan fingerprint density at radius 3 is 2.46 bits per heavy atom. The number of likely N-dealkylation sites (N-methyl/N-ethyl adjacent to an activating group) is 1. The van der Waals surface area contributed by atoms with Crippen molar-refractivity contribution >= 4 is 15.4 Å². The second-order valence-electron chi connectivity index (χ2n) is 9.64. The monoisotopic (exact) mass is 520 g/mol. The molecule has 0 radical (unpaired) electrons. The van der Waals surface area contributed by atoms with Crippen LogP contribution >= 0.6 is 0 Å². The van der Waals surface area contributed by atoms with Crippen LogP contribution in [0.5, 0.6) is 11.5 Å². The first kappa shape index (κ1) is 26.8. The second-order valence-corrected chi connectivity index (χ2v) is 11.5. The first-order valence-electron chi connectivity index (χ1n) is 12.7. The molecule has 0 aliphatic heterocycles. The van der Waals surface area contributed by atoms with Gasteiger partial charge >= 0.3 is 0 Å². The van der Waals surface area contributed by atoms with Crippen molar-refractivity contribution in [2.75, 3.05) is 33.9 Å². The maximum absolute atomic E-state index is 13.6. The highest BCUT2D eigenvalue weighted by molar-refractivity contribution is 7.91. The molecule has 2 heterocycles. The number of fused-ring (bicyclic) bond motifs is 1. The molecule has 0 aliphatic carbocycles. The van der Waals surface area contributed by atoms with Crippen molar-refractivity contribution in [1.29, 1.82) is 0 Å². The van der Waals surface area contributed by atoms with E-state index in [4.69, 9.17) is 9.47 Å². The molecule has 196 valence electrons. The summed E-state index contributed by atoms with van der Waals surface area (Å²) in [5, 5.41) is 0. The average Bonchev–Trinajstić information content (AvgIpc) is 3.31. The molecule has 4 aromatic rings. The molecule has 0 fully saturated rings. The molecule has 0 saturated carbocycles. The van der Waals surface area contributed by atoms with Crippen molar-refractivity contribution in [2.24, 2.45) is 0 Å². The Kier molecular flexibility index (Phi) is 8.56.